The van der Waals surface area contributed by atoms with Gasteiger partial charge in [0.25, 0.3) is 5.91 Å². The van der Waals surface area contributed by atoms with Crippen molar-refractivity contribution in [3.8, 4) is 5.75 Å². The quantitative estimate of drug-likeness (QED) is 0.760. The largest absolute Gasteiger partial charge is 0.484 e. The highest BCUT2D eigenvalue weighted by Gasteiger charge is 2.10. The normalized spacial score (nSPS) is 11.6. The summed E-state index contributed by atoms with van der Waals surface area (Å²) in [5, 5.41) is 2.81. The smallest absolute Gasteiger partial charge is 0.259 e. The van der Waals surface area contributed by atoms with Gasteiger partial charge in [-0.1, -0.05) is 19.1 Å². The first-order chi connectivity index (χ1) is 9.93. The van der Waals surface area contributed by atoms with E-state index in [1.54, 1.807) is 33.2 Å². The highest BCUT2D eigenvalue weighted by atomic mass is 16.5. The molecule has 0 fully saturated rings. The van der Waals surface area contributed by atoms with Crippen molar-refractivity contribution in [3.05, 3.63) is 29.8 Å². The molecular formula is C15H23N3O3. The van der Waals surface area contributed by atoms with Gasteiger partial charge in [-0.3, -0.25) is 9.59 Å². The summed E-state index contributed by atoms with van der Waals surface area (Å²) in [5.41, 5.74) is 6.35. The molecule has 0 spiro atoms. The van der Waals surface area contributed by atoms with E-state index in [4.69, 9.17) is 10.5 Å². The molecule has 0 bridgehead atoms. The third kappa shape index (κ3) is 5.83. The summed E-state index contributed by atoms with van der Waals surface area (Å²) < 4.78 is 5.42. The molecule has 6 nitrogen and oxygen atoms in total. The molecule has 0 saturated carbocycles. The maximum Gasteiger partial charge on any atom is 0.259 e. The Hall–Kier alpha value is -2.08. The van der Waals surface area contributed by atoms with Crippen LogP contribution in [0.1, 0.15) is 12.5 Å². The second-order valence-electron chi connectivity index (χ2n) is 5.08. The molecule has 3 N–H and O–H groups in total. The van der Waals surface area contributed by atoms with E-state index in [-0.39, 0.29) is 24.3 Å². The molecule has 0 heterocycles. The zero-order chi connectivity index (χ0) is 15.8. The number of ether oxygens (including phenoxy) is 1. The van der Waals surface area contributed by atoms with Crippen molar-refractivity contribution in [1.29, 1.82) is 0 Å². The van der Waals surface area contributed by atoms with E-state index in [2.05, 4.69) is 5.32 Å². The average molecular weight is 293 g/mol. The lowest BCUT2D eigenvalue weighted by Gasteiger charge is -2.13. The lowest BCUT2D eigenvalue weighted by atomic mass is 10.1. The number of carbonyl (C=O) groups excluding carboxylic acids is 2. The summed E-state index contributed by atoms with van der Waals surface area (Å²) in [7, 11) is 3.35. The summed E-state index contributed by atoms with van der Waals surface area (Å²) in [6.45, 7) is 2.50. The van der Waals surface area contributed by atoms with E-state index in [1.165, 1.54) is 4.90 Å². The topological polar surface area (TPSA) is 84.7 Å². The van der Waals surface area contributed by atoms with Crippen LogP contribution in [-0.2, 0) is 16.1 Å². The Bertz CT molecular complexity index is 489. The zero-order valence-corrected chi connectivity index (χ0v) is 12.8. The van der Waals surface area contributed by atoms with Gasteiger partial charge in [-0.2, -0.15) is 0 Å². The number of nitrogens with two attached hydrogens (primary N) is 1. The number of hydrogen-bond donors (Lipinski definition) is 2. The molecule has 0 radical (unpaired) electrons. The summed E-state index contributed by atoms with van der Waals surface area (Å²) in [6, 6.07) is 7.28. The Morgan fingerprint density at radius 1 is 1.38 bits per heavy atom. The van der Waals surface area contributed by atoms with Crippen LogP contribution < -0.4 is 15.8 Å². The van der Waals surface area contributed by atoms with Crippen LogP contribution >= 0.6 is 0 Å². The van der Waals surface area contributed by atoms with Gasteiger partial charge in [-0.05, 0) is 17.7 Å². The van der Waals surface area contributed by atoms with E-state index < -0.39 is 0 Å². The minimum Gasteiger partial charge on any atom is -0.484 e. The Kier molecular flexibility index (Phi) is 6.68. The molecule has 1 rings (SSSR count). The zero-order valence-electron chi connectivity index (χ0n) is 12.8. The number of likely N-dealkylation sites (N-methyl/N-ethyl adjacent to an activating group) is 1. The fourth-order valence-electron chi connectivity index (χ4n) is 1.49. The van der Waals surface area contributed by atoms with Crippen LogP contribution in [0.4, 0.5) is 0 Å². The summed E-state index contributed by atoms with van der Waals surface area (Å²) in [4.78, 5) is 24.6. The van der Waals surface area contributed by atoms with Gasteiger partial charge in [0.05, 0.1) is 0 Å². The molecule has 0 saturated heterocycles. The number of hydrogen-bond acceptors (Lipinski definition) is 4. The minimum atomic E-state index is -0.206. The standard InChI is InChI=1S/C15H23N3O3/c1-11(8-16)15(20)17-9-12-5-4-6-13(7-12)21-10-14(19)18(2)3/h4-7,11H,8-10,16H2,1-3H3,(H,17,20). The maximum absolute atomic E-state index is 11.6. The van der Waals surface area contributed by atoms with Crippen LogP contribution in [0, 0.1) is 5.92 Å². The highest BCUT2D eigenvalue weighted by Crippen LogP contribution is 2.13. The molecule has 0 aliphatic carbocycles. The van der Waals surface area contributed by atoms with E-state index in [0.717, 1.165) is 5.56 Å². The molecule has 1 aromatic carbocycles. The van der Waals surface area contributed by atoms with Gasteiger partial charge in [-0.25, -0.2) is 0 Å². The molecule has 116 valence electrons. The lowest BCUT2D eigenvalue weighted by molar-refractivity contribution is -0.130. The van der Waals surface area contributed by atoms with Crippen molar-refractivity contribution in [3.63, 3.8) is 0 Å². The van der Waals surface area contributed by atoms with Gasteiger partial charge < -0.3 is 20.7 Å². The molecule has 0 aliphatic rings. The van der Waals surface area contributed by atoms with Crippen molar-refractivity contribution in [2.45, 2.75) is 13.5 Å². The van der Waals surface area contributed by atoms with Gasteiger partial charge in [0.1, 0.15) is 5.75 Å². The molecule has 1 unspecified atom stereocenters. The molecular weight excluding hydrogens is 270 g/mol. The second-order valence-corrected chi connectivity index (χ2v) is 5.08. The maximum atomic E-state index is 11.6. The summed E-state index contributed by atoms with van der Waals surface area (Å²) >= 11 is 0. The Labute approximate surface area is 125 Å². The van der Waals surface area contributed by atoms with Gasteiger partial charge in [0, 0.05) is 33.1 Å². The van der Waals surface area contributed by atoms with E-state index in [1.807, 2.05) is 12.1 Å². The number of benzene rings is 1. The highest BCUT2D eigenvalue weighted by molar-refractivity contribution is 5.78. The summed E-state index contributed by atoms with van der Waals surface area (Å²) in [5.74, 6) is 0.211. The Balaban J connectivity index is 2.52. The second kappa shape index (κ2) is 8.26. The van der Waals surface area contributed by atoms with Crippen molar-refractivity contribution >= 4 is 11.8 Å². The van der Waals surface area contributed by atoms with Crippen LogP contribution in [-0.4, -0.2) is 44.0 Å². The number of nitrogens with one attached hydrogen (secondary N) is 1. The first-order valence-corrected chi connectivity index (χ1v) is 6.83. The van der Waals surface area contributed by atoms with Crippen LogP contribution in [0.25, 0.3) is 0 Å². The summed E-state index contributed by atoms with van der Waals surface area (Å²) in [6.07, 6.45) is 0. The van der Waals surface area contributed by atoms with E-state index in [0.29, 0.717) is 18.8 Å². The van der Waals surface area contributed by atoms with Crippen LogP contribution in [0.2, 0.25) is 0 Å². The molecule has 21 heavy (non-hydrogen) atoms. The predicted molar refractivity (Wildman–Crippen MR) is 80.7 cm³/mol. The van der Waals surface area contributed by atoms with Gasteiger partial charge >= 0.3 is 0 Å². The van der Waals surface area contributed by atoms with Crippen molar-refractivity contribution < 1.29 is 14.3 Å². The number of nitrogens with zero attached hydrogens (tertiary/aromatic N) is 1. The van der Waals surface area contributed by atoms with Gasteiger partial charge in [0.2, 0.25) is 5.91 Å². The molecule has 1 atom stereocenters. The van der Waals surface area contributed by atoms with Crippen LogP contribution in [0.3, 0.4) is 0 Å². The lowest BCUT2D eigenvalue weighted by Crippen LogP contribution is -2.32. The molecule has 0 aliphatic heterocycles. The van der Waals surface area contributed by atoms with Crippen molar-refractivity contribution in [2.75, 3.05) is 27.2 Å². The Morgan fingerprint density at radius 3 is 2.71 bits per heavy atom. The van der Waals surface area contributed by atoms with Crippen LogP contribution in [0.5, 0.6) is 5.75 Å². The third-order valence-corrected chi connectivity index (χ3v) is 3.03. The molecule has 6 heteroatoms. The predicted octanol–water partition coefficient (Wildman–Crippen LogP) is 0.365. The SMILES string of the molecule is CC(CN)C(=O)NCc1cccc(OCC(=O)N(C)C)c1. The van der Waals surface area contributed by atoms with Gasteiger partial charge in [0.15, 0.2) is 6.61 Å². The average Bonchev–Trinajstić information content (AvgIpc) is 2.49. The first-order valence-electron chi connectivity index (χ1n) is 6.83. The third-order valence-electron chi connectivity index (χ3n) is 3.03. The van der Waals surface area contributed by atoms with Crippen molar-refractivity contribution in [1.82, 2.24) is 10.2 Å². The monoisotopic (exact) mass is 293 g/mol. The van der Waals surface area contributed by atoms with E-state index >= 15 is 0 Å². The minimum absolute atomic E-state index is 0.00692. The molecule has 2 amide bonds. The number of carbonyl (C=O) groups is 2. The first kappa shape index (κ1) is 17.0. The number of amides is 2. The Morgan fingerprint density at radius 2 is 2.10 bits per heavy atom. The number of rotatable bonds is 7. The van der Waals surface area contributed by atoms with E-state index in [9.17, 15) is 9.59 Å². The van der Waals surface area contributed by atoms with Gasteiger partial charge in [-0.15, -0.1) is 0 Å². The van der Waals surface area contributed by atoms with Crippen molar-refractivity contribution in [2.24, 2.45) is 11.7 Å². The fraction of sp³-hybridized carbons (Fsp3) is 0.467. The van der Waals surface area contributed by atoms with Crippen LogP contribution in [0.15, 0.2) is 24.3 Å². The fourth-order valence-corrected chi connectivity index (χ4v) is 1.49. The molecule has 1 aromatic rings. The molecule has 0 aromatic heterocycles.